The molecule has 2 aromatic carbocycles. The van der Waals surface area contributed by atoms with Crippen molar-refractivity contribution < 1.29 is 19.1 Å². The molecular weight excluding hydrogens is 358 g/mol. The molecular formula is C21H27N3O4. The lowest BCUT2D eigenvalue weighted by Crippen LogP contribution is -2.39. The molecule has 7 nitrogen and oxygen atoms in total. The monoisotopic (exact) mass is 385 g/mol. The average Bonchev–Trinajstić information content (AvgIpc) is 2.70. The topological polar surface area (TPSA) is 71.1 Å². The predicted octanol–water partition coefficient (Wildman–Crippen LogP) is 2.44. The molecule has 2 rings (SSSR count). The molecule has 0 aromatic heterocycles. The Balaban J connectivity index is 2.02. The van der Waals surface area contributed by atoms with Gasteiger partial charge in [-0.15, -0.1) is 0 Å². The Bertz CT molecular complexity index is 819. The fourth-order valence-electron chi connectivity index (χ4n) is 2.71. The average molecular weight is 385 g/mol. The highest BCUT2D eigenvalue weighted by atomic mass is 16.5. The van der Waals surface area contributed by atoms with Crippen LogP contribution in [-0.2, 0) is 16.1 Å². The summed E-state index contributed by atoms with van der Waals surface area (Å²) in [4.78, 5) is 27.8. The van der Waals surface area contributed by atoms with E-state index in [1.165, 1.54) is 11.8 Å². The Kier molecular flexibility index (Phi) is 7.26. The summed E-state index contributed by atoms with van der Waals surface area (Å²) in [6, 6.07) is 12.9. The molecule has 0 radical (unpaired) electrons. The number of nitrogens with zero attached hydrogens (tertiary/aromatic N) is 2. The number of hydrogen-bond acceptors (Lipinski definition) is 5. The van der Waals surface area contributed by atoms with Gasteiger partial charge in [-0.25, -0.2) is 0 Å². The largest absolute Gasteiger partial charge is 0.493 e. The summed E-state index contributed by atoms with van der Waals surface area (Å²) in [5.41, 5.74) is 2.57. The number of hydrogen-bond donors (Lipinski definition) is 1. The van der Waals surface area contributed by atoms with E-state index in [4.69, 9.17) is 9.47 Å². The van der Waals surface area contributed by atoms with Crippen molar-refractivity contribution in [2.24, 2.45) is 0 Å². The van der Waals surface area contributed by atoms with E-state index in [1.807, 2.05) is 55.4 Å². The van der Waals surface area contributed by atoms with E-state index in [1.54, 1.807) is 20.3 Å². The first-order chi connectivity index (χ1) is 13.3. The first-order valence-electron chi connectivity index (χ1n) is 8.88. The van der Waals surface area contributed by atoms with Gasteiger partial charge in [0.15, 0.2) is 11.5 Å². The van der Waals surface area contributed by atoms with E-state index in [9.17, 15) is 9.59 Å². The first kappa shape index (κ1) is 21.1. The fraction of sp³-hybridized carbons (Fsp3) is 0.333. The Morgan fingerprint density at radius 2 is 1.54 bits per heavy atom. The van der Waals surface area contributed by atoms with Crippen LogP contribution in [0.15, 0.2) is 42.5 Å². The van der Waals surface area contributed by atoms with Crippen molar-refractivity contribution in [3.8, 4) is 11.5 Å². The van der Waals surface area contributed by atoms with Gasteiger partial charge in [0.25, 0.3) is 0 Å². The summed E-state index contributed by atoms with van der Waals surface area (Å²) >= 11 is 0. The number of benzene rings is 2. The van der Waals surface area contributed by atoms with Crippen LogP contribution >= 0.6 is 0 Å². The second kappa shape index (κ2) is 9.64. The highest BCUT2D eigenvalue weighted by Gasteiger charge is 2.16. The maximum absolute atomic E-state index is 12.4. The summed E-state index contributed by atoms with van der Waals surface area (Å²) in [6.45, 7) is 1.72. The van der Waals surface area contributed by atoms with Crippen molar-refractivity contribution in [3.63, 3.8) is 0 Å². The molecule has 0 saturated carbocycles. The third kappa shape index (κ3) is 5.39. The van der Waals surface area contributed by atoms with Gasteiger partial charge in [0.2, 0.25) is 11.8 Å². The van der Waals surface area contributed by atoms with Gasteiger partial charge in [0, 0.05) is 38.9 Å². The molecule has 0 unspecified atom stereocenters. The molecule has 0 heterocycles. The minimum atomic E-state index is -0.248. The highest BCUT2D eigenvalue weighted by molar-refractivity contribution is 5.97. The van der Waals surface area contributed by atoms with Gasteiger partial charge < -0.3 is 24.6 Å². The zero-order valence-corrected chi connectivity index (χ0v) is 17.0. The number of nitrogens with one attached hydrogen (secondary N) is 1. The van der Waals surface area contributed by atoms with Crippen LogP contribution in [0.2, 0.25) is 0 Å². The number of amides is 2. The lowest BCUT2D eigenvalue weighted by molar-refractivity contribution is -0.123. The molecule has 0 saturated heterocycles. The molecule has 150 valence electrons. The molecule has 7 heteroatoms. The van der Waals surface area contributed by atoms with Crippen LogP contribution in [0.4, 0.5) is 11.4 Å². The molecule has 0 aliphatic heterocycles. The highest BCUT2D eigenvalue weighted by Crippen LogP contribution is 2.27. The molecule has 2 aromatic rings. The van der Waals surface area contributed by atoms with Gasteiger partial charge in [-0.1, -0.05) is 6.07 Å². The van der Waals surface area contributed by atoms with Gasteiger partial charge in [-0.2, -0.15) is 0 Å². The summed E-state index contributed by atoms with van der Waals surface area (Å²) in [5.74, 6) is 0.780. The third-order valence-corrected chi connectivity index (χ3v) is 4.30. The van der Waals surface area contributed by atoms with Crippen LogP contribution in [0.3, 0.4) is 0 Å². The van der Waals surface area contributed by atoms with Crippen LogP contribution in [0.5, 0.6) is 11.5 Å². The van der Waals surface area contributed by atoms with E-state index in [0.29, 0.717) is 23.7 Å². The Morgan fingerprint density at radius 1 is 0.929 bits per heavy atom. The number of methoxy groups -OCH3 is 2. The molecule has 0 bridgehead atoms. The Labute approximate surface area is 165 Å². The van der Waals surface area contributed by atoms with Crippen molar-refractivity contribution in [2.75, 3.05) is 44.7 Å². The minimum Gasteiger partial charge on any atom is -0.493 e. The zero-order valence-electron chi connectivity index (χ0n) is 17.0. The molecule has 0 aliphatic rings. The van der Waals surface area contributed by atoms with Crippen LogP contribution in [0, 0.1) is 0 Å². The van der Waals surface area contributed by atoms with Crippen molar-refractivity contribution in [3.05, 3.63) is 48.0 Å². The number of carbonyl (C=O) groups excluding carboxylic acids is 2. The SMILES string of the molecule is COc1ccc(CNC(=O)CN(C(C)=O)c2ccc(N(C)C)cc2)cc1OC. The molecule has 0 spiro atoms. The van der Waals surface area contributed by atoms with Crippen LogP contribution in [0.25, 0.3) is 0 Å². The normalized spacial score (nSPS) is 10.2. The van der Waals surface area contributed by atoms with Gasteiger partial charge in [0.05, 0.1) is 14.2 Å². The first-order valence-corrected chi connectivity index (χ1v) is 8.88. The van der Waals surface area contributed by atoms with Gasteiger partial charge >= 0.3 is 0 Å². The van der Waals surface area contributed by atoms with Gasteiger partial charge in [-0.3, -0.25) is 9.59 Å². The molecule has 0 atom stereocenters. The lowest BCUT2D eigenvalue weighted by atomic mass is 10.2. The van der Waals surface area contributed by atoms with Crippen LogP contribution in [-0.4, -0.2) is 46.7 Å². The quantitative estimate of drug-likeness (QED) is 0.756. The van der Waals surface area contributed by atoms with E-state index >= 15 is 0 Å². The van der Waals surface area contributed by atoms with Gasteiger partial charge in [-0.05, 0) is 42.0 Å². The van der Waals surface area contributed by atoms with Crippen LogP contribution in [0.1, 0.15) is 12.5 Å². The summed E-state index contributed by atoms with van der Waals surface area (Å²) in [5, 5.41) is 2.84. The van der Waals surface area contributed by atoms with E-state index in [-0.39, 0.29) is 18.4 Å². The van der Waals surface area contributed by atoms with Gasteiger partial charge in [0.1, 0.15) is 6.54 Å². The van der Waals surface area contributed by atoms with Crippen molar-refractivity contribution >= 4 is 23.2 Å². The second-order valence-electron chi connectivity index (χ2n) is 6.48. The van der Waals surface area contributed by atoms with Crippen molar-refractivity contribution in [1.82, 2.24) is 5.32 Å². The molecule has 0 fully saturated rings. The fourth-order valence-corrected chi connectivity index (χ4v) is 2.71. The smallest absolute Gasteiger partial charge is 0.240 e. The van der Waals surface area contributed by atoms with Crippen molar-refractivity contribution in [1.29, 1.82) is 0 Å². The number of anilines is 2. The Hall–Kier alpha value is -3.22. The zero-order chi connectivity index (χ0) is 20.7. The molecule has 0 aliphatic carbocycles. The predicted molar refractivity (Wildman–Crippen MR) is 110 cm³/mol. The van der Waals surface area contributed by atoms with Crippen molar-refractivity contribution in [2.45, 2.75) is 13.5 Å². The number of ether oxygens (including phenoxy) is 2. The third-order valence-electron chi connectivity index (χ3n) is 4.30. The minimum absolute atomic E-state index is 0.0517. The summed E-state index contributed by atoms with van der Waals surface area (Å²) in [7, 11) is 7.02. The second-order valence-corrected chi connectivity index (χ2v) is 6.48. The summed E-state index contributed by atoms with van der Waals surface area (Å²) in [6.07, 6.45) is 0. The van der Waals surface area contributed by atoms with E-state index < -0.39 is 0 Å². The van der Waals surface area contributed by atoms with E-state index in [2.05, 4.69) is 5.32 Å². The molecule has 1 N–H and O–H groups in total. The molecule has 2 amide bonds. The number of rotatable bonds is 8. The summed E-state index contributed by atoms with van der Waals surface area (Å²) < 4.78 is 10.5. The number of carbonyl (C=O) groups is 2. The van der Waals surface area contributed by atoms with E-state index in [0.717, 1.165) is 11.3 Å². The standard InChI is InChI=1S/C21H27N3O4/c1-15(25)24(18-9-7-17(8-10-18)23(2)3)14-21(26)22-13-16-6-11-19(27-4)20(12-16)28-5/h6-12H,13-14H2,1-5H3,(H,22,26). The maximum atomic E-state index is 12.4. The molecule has 28 heavy (non-hydrogen) atoms. The lowest BCUT2D eigenvalue weighted by Gasteiger charge is -2.22. The maximum Gasteiger partial charge on any atom is 0.240 e. The Morgan fingerprint density at radius 3 is 2.07 bits per heavy atom. The van der Waals surface area contributed by atoms with Crippen LogP contribution < -0.4 is 24.6 Å².